The molecule has 1 fully saturated rings. The van der Waals surface area contributed by atoms with Crippen LogP contribution in [0.4, 0.5) is 0 Å². The fourth-order valence-electron chi connectivity index (χ4n) is 2.13. The summed E-state index contributed by atoms with van der Waals surface area (Å²) in [6, 6.07) is 3.24. The molecule has 2 unspecified atom stereocenters. The van der Waals surface area contributed by atoms with E-state index >= 15 is 0 Å². The summed E-state index contributed by atoms with van der Waals surface area (Å²) in [5.74, 6) is 1.03. The average molecular weight is 277 g/mol. The number of halogens is 1. The second-order valence-electron chi connectivity index (χ2n) is 4.50. The van der Waals surface area contributed by atoms with Crippen molar-refractivity contribution < 1.29 is 4.74 Å². The third-order valence-corrected chi connectivity index (χ3v) is 4.05. The van der Waals surface area contributed by atoms with Gasteiger partial charge in [0.2, 0.25) is 0 Å². The number of piperazine rings is 1. The predicted molar refractivity (Wildman–Crippen MR) is 75.5 cm³/mol. The molecule has 2 heterocycles. The minimum atomic E-state index is 0. The Morgan fingerprint density at radius 1 is 1.53 bits per heavy atom. The Balaban J connectivity index is 0.00000144. The summed E-state index contributed by atoms with van der Waals surface area (Å²) < 4.78 is 5.36. The molecule has 0 radical (unpaired) electrons. The van der Waals surface area contributed by atoms with E-state index in [0.717, 1.165) is 25.4 Å². The first-order valence-corrected chi connectivity index (χ1v) is 6.66. The highest BCUT2D eigenvalue weighted by Gasteiger charge is 2.23. The van der Waals surface area contributed by atoms with Crippen molar-refractivity contribution in [3.8, 4) is 5.75 Å². The third-order valence-electron chi connectivity index (χ3n) is 3.16. The van der Waals surface area contributed by atoms with E-state index in [0.29, 0.717) is 12.1 Å². The lowest BCUT2D eigenvalue weighted by atomic mass is 10.1. The van der Waals surface area contributed by atoms with E-state index in [4.69, 9.17) is 4.74 Å². The minimum Gasteiger partial charge on any atom is -0.496 e. The fourth-order valence-corrected chi connectivity index (χ4v) is 2.99. The summed E-state index contributed by atoms with van der Waals surface area (Å²) >= 11 is 1.78. The first kappa shape index (κ1) is 14.8. The zero-order valence-electron chi connectivity index (χ0n) is 10.6. The Kier molecular flexibility index (Phi) is 5.73. The van der Waals surface area contributed by atoms with Gasteiger partial charge in [-0.3, -0.25) is 4.90 Å². The molecule has 1 saturated heterocycles. The van der Waals surface area contributed by atoms with Crippen LogP contribution in [-0.4, -0.2) is 37.2 Å². The van der Waals surface area contributed by atoms with Gasteiger partial charge in [-0.05, 0) is 25.3 Å². The second-order valence-corrected chi connectivity index (χ2v) is 5.50. The lowest BCUT2D eigenvalue weighted by molar-refractivity contribution is 0.139. The number of hydrogen-bond donors (Lipinski definition) is 1. The topological polar surface area (TPSA) is 24.5 Å². The number of nitrogens with one attached hydrogen (secondary N) is 1. The van der Waals surface area contributed by atoms with Crippen LogP contribution in [0.5, 0.6) is 5.75 Å². The summed E-state index contributed by atoms with van der Waals surface area (Å²) in [5, 5.41) is 5.60. The normalized spacial score (nSPS) is 25.4. The third kappa shape index (κ3) is 3.58. The Hall–Kier alpha value is -0.290. The molecule has 5 heteroatoms. The standard InChI is InChI=1S/C12H20N2OS.ClH/c1-9-7-14(10(2)6-13-9)8-12-11(15-3)4-5-16-12;/h4-5,9-10,13H,6-8H2,1-3H3;1H. The van der Waals surface area contributed by atoms with Gasteiger partial charge in [-0.25, -0.2) is 0 Å². The van der Waals surface area contributed by atoms with Gasteiger partial charge in [0.05, 0.1) is 12.0 Å². The van der Waals surface area contributed by atoms with Crippen molar-refractivity contribution in [1.29, 1.82) is 0 Å². The number of nitrogens with zero attached hydrogens (tertiary/aromatic N) is 1. The molecule has 0 amide bonds. The lowest BCUT2D eigenvalue weighted by Crippen LogP contribution is -2.53. The number of ether oxygens (including phenoxy) is 1. The number of rotatable bonds is 3. The van der Waals surface area contributed by atoms with Gasteiger partial charge < -0.3 is 10.1 Å². The maximum absolute atomic E-state index is 5.36. The van der Waals surface area contributed by atoms with Crippen LogP contribution in [-0.2, 0) is 6.54 Å². The molecule has 0 saturated carbocycles. The smallest absolute Gasteiger partial charge is 0.134 e. The van der Waals surface area contributed by atoms with Gasteiger partial charge in [0, 0.05) is 31.7 Å². The highest BCUT2D eigenvalue weighted by molar-refractivity contribution is 7.10. The van der Waals surface area contributed by atoms with E-state index in [2.05, 4.69) is 35.5 Å². The summed E-state index contributed by atoms with van der Waals surface area (Å²) in [4.78, 5) is 3.86. The van der Waals surface area contributed by atoms with Crippen molar-refractivity contribution in [2.45, 2.75) is 32.5 Å². The average Bonchev–Trinajstić information content (AvgIpc) is 2.71. The van der Waals surface area contributed by atoms with Crippen LogP contribution in [0.25, 0.3) is 0 Å². The summed E-state index contributed by atoms with van der Waals surface area (Å²) in [5.41, 5.74) is 0. The Bertz CT molecular complexity index is 345. The molecule has 1 aliphatic rings. The molecular weight excluding hydrogens is 256 g/mol. The first-order valence-electron chi connectivity index (χ1n) is 5.78. The molecule has 2 atom stereocenters. The van der Waals surface area contributed by atoms with Crippen molar-refractivity contribution >= 4 is 23.7 Å². The van der Waals surface area contributed by atoms with Crippen LogP contribution in [0, 0.1) is 0 Å². The maximum Gasteiger partial charge on any atom is 0.134 e. The zero-order valence-corrected chi connectivity index (χ0v) is 12.2. The van der Waals surface area contributed by atoms with E-state index < -0.39 is 0 Å². The van der Waals surface area contributed by atoms with E-state index in [9.17, 15) is 0 Å². The van der Waals surface area contributed by atoms with Crippen molar-refractivity contribution in [3.63, 3.8) is 0 Å². The van der Waals surface area contributed by atoms with Crippen molar-refractivity contribution in [2.24, 2.45) is 0 Å². The fraction of sp³-hybridized carbons (Fsp3) is 0.667. The Labute approximate surface area is 114 Å². The zero-order chi connectivity index (χ0) is 11.5. The van der Waals surface area contributed by atoms with Gasteiger partial charge in [-0.15, -0.1) is 23.7 Å². The van der Waals surface area contributed by atoms with Crippen molar-refractivity contribution in [2.75, 3.05) is 20.2 Å². The summed E-state index contributed by atoms with van der Waals surface area (Å²) in [7, 11) is 1.75. The van der Waals surface area contributed by atoms with E-state index in [1.165, 1.54) is 4.88 Å². The summed E-state index contributed by atoms with van der Waals surface area (Å²) in [6.45, 7) is 7.72. The van der Waals surface area contributed by atoms with Crippen LogP contribution in [0.3, 0.4) is 0 Å². The number of methoxy groups -OCH3 is 1. The minimum absolute atomic E-state index is 0. The Morgan fingerprint density at radius 2 is 2.29 bits per heavy atom. The quantitative estimate of drug-likeness (QED) is 0.917. The largest absolute Gasteiger partial charge is 0.496 e. The molecule has 98 valence electrons. The first-order chi connectivity index (χ1) is 7.70. The van der Waals surface area contributed by atoms with Crippen LogP contribution < -0.4 is 10.1 Å². The maximum atomic E-state index is 5.36. The van der Waals surface area contributed by atoms with Crippen molar-refractivity contribution in [1.82, 2.24) is 10.2 Å². The molecule has 2 rings (SSSR count). The number of thiophene rings is 1. The summed E-state index contributed by atoms with van der Waals surface area (Å²) in [6.07, 6.45) is 0. The predicted octanol–water partition coefficient (Wildman–Crippen LogP) is 2.36. The molecular formula is C12H21ClN2OS. The molecule has 1 aliphatic heterocycles. The van der Waals surface area contributed by atoms with Gasteiger partial charge in [0.25, 0.3) is 0 Å². The van der Waals surface area contributed by atoms with E-state index in [1.54, 1.807) is 18.4 Å². The van der Waals surface area contributed by atoms with Crippen LogP contribution in [0.1, 0.15) is 18.7 Å². The van der Waals surface area contributed by atoms with Gasteiger partial charge in [0.1, 0.15) is 5.75 Å². The highest BCUT2D eigenvalue weighted by atomic mass is 35.5. The molecule has 0 aromatic carbocycles. The lowest BCUT2D eigenvalue weighted by Gasteiger charge is -2.37. The second kappa shape index (κ2) is 6.59. The van der Waals surface area contributed by atoms with Gasteiger partial charge >= 0.3 is 0 Å². The monoisotopic (exact) mass is 276 g/mol. The molecule has 0 spiro atoms. The molecule has 1 N–H and O–H groups in total. The Morgan fingerprint density at radius 3 is 3.00 bits per heavy atom. The molecule has 1 aromatic rings. The molecule has 3 nitrogen and oxygen atoms in total. The van der Waals surface area contributed by atoms with Crippen LogP contribution >= 0.6 is 23.7 Å². The van der Waals surface area contributed by atoms with E-state index in [1.807, 2.05) is 0 Å². The van der Waals surface area contributed by atoms with Crippen LogP contribution in [0.15, 0.2) is 11.4 Å². The van der Waals surface area contributed by atoms with Crippen LogP contribution in [0.2, 0.25) is 0 Å². The van der Waals surface area contributed by atoms with Gasteiger partial charge in [0.15, 0.2) is 0 Å². The molecule has 17 heavy (non-hydrogen) atoms. The molecule has 0 bridgehead atoms. The SMILES string of the molecule is COc1ccsc1CN1CC(C)NCC1C.Cl. The highest BCUT2D eigenvalue weighted by Crippen LogP contribution is 2.27. The van der Waals surface area contributed by atoms with E-state index in [-0.39, 0.29) is 12.4 Å². The molecule has 1 aromatic heterocycles. The van der Waals surface area contributed by atoms with Gasteiger partial charge in [-0.2, -0.15) is 0 Å². The number of hydrogen-bond acceptors (Lipinski definition) is 4. The van der Waals surface area contributed by atoms with Crippen molar-refractivity contribution in [3.05, 3.63) is 16.3 Å². The molecule has 0 aliphatic carbocycles. The van der Waals surface area contributed by atoms with Gasteiger partial charge in [-0.1, -0.05) is 0 Å².